The number of hydrogen-bond acceptors (Lipinski definition) is 3. The monoisotopic (exact) mass is 262 g/mol. The molecule has 2 aromatic rings. The SMILES string of the molecule is Cc1ccc(F)cc1NCc1cnc(N(C)C)n1C. The van der Waals surface area contributed by atoms with Gasteiger partial charge in [-0.05, 0) is 24.6 Å². The minimum atomic E-state index is -0.230. The lowest BCUT2D eigenvalue weighted by molar-refractivity contribution is 0.627. The largest absolute Gasteiger partial charge is 0.379 e. The van der Waals surface area contributed by atoms with Crippen LogP contribution in [0, 0.1) is 12.7 Å². The van der Waals surface area contributed by atoms with E-state index in [1.807, 2.05) is 43.7 Å². The van der Waals surface area contributed by atoms with Crippen LogP contribution in [0.1, 0.15) is 11.3 Å². The van der Waals surface area contributed by atoms with Gasteiger partial charge in [0.2, 0.25) is 5.95 Å². The summed E-state index contributed by atoms with van der Waals surface area (Å²) in [5.41, 5.74) is 2.89. The standard InChI is InChI=1S/C14H19FN4/c1-10-5-6-11(15)7-13(10)16-8-12-9-17-14(18(2)3)19(12)4/h5-7,9,16H,8H2,1-4H3. The Hall–Kier alpha value is -2.04. The van der Waals surface area contributed by atoms with E-state index in [9.17, 15) is 4.39 Å². The minimum Gasteiger partial charge on any atom is -0.379 e. The van der Waals surface area contributed by atoms with Crippen LogP contribution in [0.15, 0.2) is 24.4 Å². The Morgan fingerprint density at radius 3 is 2.74 bits per heavy atom. The van der Waals surface area contributed by atoms with Crippen LogP contribution < -0.4 is 10.2 Å². The van der Waals surface area contributed by atoms with Gasteiger partial charge in [-0.2, -0.15) is 0 Å². The molecule has 0 saturated carbocycles. The molecule has 0 aliphatic carbocycles. The van der Waals surface area contributed by atoms with Crippen LogP contribution in [0.2, 0.25) is 0 Å². The Bertz CT molecular complexity index is 575. The third kappa shape index (κ3) is 2.86. The Balaban J connectivity index is 2.12. The van der Waals surface area contributed by atoms with E-state index in [1.165, 1.54) is 12.1 Å². The summed E-state index contributed by atoms with van der Waals surface area (Å²) in [6.45, 7) is 2.57. The summed E-state index contributed by atoms with van der Waals surface area (Å²) < 4.78 is 15.2. The second-order valence-corrected chi connectivity index (χ2v) is 4.82. The number of benzene rings is 1. The van der Waals surface area contributed by atoms with E-state index in [4.69, 9.17) is 0 Å². The first-order valence-corrected chi connectivity index (χ1v) is 6.17. The molecular weight excluding hydrogens is 243 g/mol. The quantitative estimate of drug-likeness (QED) is 0.919. The maximum atomic E-state index is 13.2. The zero-order chi connectivity index (χ0) is 14.0. The lowest BCUT2D eigenvalue weighted by Crippen LogP contribution is -2.15. The zero-order valence-electron chi connectivity index (χ0n) is 11.7. The van der Waals surface area contributed by atoms with E-state index in [2.05, 4.69) is 10.3 Å². The molecule has 0 radical (unpaired) electrons. The molecule has 0 atom stereocenters. The minimum absolute atomic E-state index is 0.230. The number of halogens is 1. The van der Waals surface area contributed by atoms with E-state index < -0.39 is 0 Å². The lowest BCUT2D eigenvalue weighted by Gasteiger charge is -2.14. The number of aryl methyl sites for hydroxylation is 1. The number of rotatable bonds is 4. The fourth-order valence-corrected chi connectivity index (χ4v) is 1.98. The van der Waals surface area contributed by atoms with Crippen molar-refractivity contribution in [2.75, 3.05) is 24.3 Å². The van der Waals surface area contributed by atoms with Crippen LogP contribution in [-0.2, 0) is 13.6 Å². The molecule has 1 N–H and O–H groups in total. The summed E-state index contributed by atoms with van der Waals surface area (Å²) in [5, 5.41) is 3.24. The first kappa shape index (κ1) is 13.4. The molecule has 0 fully saturated rings. The molecular formula is C14H19FN4. The van der Waals surface area contributed by atoms with Gasteiger partial charge in [0.05, 0.1) is 18.4 Å². The number of nitrogens with zero attached hydrogens (tertiary/aromatic N) is 3. The van der Waals surface area contributed by atoms with Crippen LogP contribution in [-0.4, -0.2) is 23.6 Å². The predicted octanol–water partition coefficient (Wildman–Crippen LogP) is 2.55. The third-order valence-electron chi connectivity index (χ3n) is 3.12. The molecule has 0 bridgehead atoms. The van der Waals surface area contributed by atoms with Gasteiger partial charge in [0.1, 0.15) is 5.82 Å². The average Bonchev–Trinajstić information content (AvgIpc) is 2.72. The van der Waals surface area contributed by atoms with Gasteiger partial charge in [-0.1, -0.05) is 6.07 Å². The van der Waals surface area contributed by atoms with Crippen molar-refractivity contribution in [3.05, 3.63) is 41.5 Å². The molecule has 0 aliphatic heterocycles. The number of anilines is 2. The van der Waals surface area contributed by atoms with Gasteiger partial charge < -0.3 is 14.8 Å². The normalized spacial score (nSPS) is 10.6. The molecule has 1 aromatic carbocycles. The maximum absolute atomic E-state index is 13.2. The topological polar surface area (TPSA) is 33.1 Å². The molecule has 2 rings (SSSR count). The first-order chi connectivity index (χ1) is 8.99. The Labute approximate surface area is 112 Å². The summed E-state index contributed by atoms with van der Waals surface area (Å²) in [6, 6.07) is 4.75. The number of aromatic nitrogens is 2. The molecule has 0 unspecified atom stereocenters. The average molecular weight is 262 g/mol. The van der Waals surface area contributed by atoms with E-state index in [-0.39, 0.29) is 5.82 Å². The highest BCUT2D eigenvalue weighted by Crippen LogP contribution is 2.18. The molecule has 5 heteroatoms. The number of nitrogens with one attached hydrogen (secondary N) is 1. The van der Waals surface area contributed by atoms with Crippen LogP contribution in [0.5, 0.6) is 0 Å². The van der Waals surface area contributed by atoms with E-state index in [0.29, 0.717) is 6.54 Å². The molecule has 0 saturated heterocycles. The van der Waals surface area contributed by atoms with Crippen molar-refractivity contribution < 1.29 is 4.39 Å². The maximum Gasteiger partial charge on any atom is 0.204 e. The van der Waals surface area contributed by atoms with E-state index >= 15 is 0 Å². The van der Waals surface area contributed by atoms with Crippen molar-refractivity contribution in [3.63, 3.8) is 0 Å². The summed E-state index contributed by atoms with van der Waals surface area (Å²) in [7, 11) is 5.88. The Kier molecular flexibility index (Phi) is 3.74. The second-order valence-electron chi connectivity index (χ2n) is 4.82. The summed E-state index contributed by atoms with van der Waals surface area (Å²) in [4.78, 5) is 6.30. The van der Waals surface area contributed by atoms with Crippen LogP contribution in [0.25, 0.3) is 0 Å². The van der Waals surface area contributed by atoms with Crippen LogP contribution >= 0.6 is 0 Å². The highest BCUT2D eigenvalue weighted by molar-refractivity contribution is 5.51. The van der Waals surface area contributed by atoms with Crippen molar-refractivity contribution in [1.82, 2.24) is 9.55 Å². The fraction of sp³-hybridized carbons (Fsp3) is 0.357. The Morgan fingerprint density at radius 1 is 1.37 bits per heavy atom. The number of imidazole rings is 1. The van der Waals surface area contributed by atoms with Gasteiger partial charge in [-0.3, -0.25) is 0 Å². The highest BCUT2D eigenvalue weighted by Gasteiger charge is 2.08. The van der Waals surface area contributed by atoms with Gasteiger partial charge in [0, 0.05) is 26.8 Å². The third-order valence-corrected chi connectivity index (χ3v) is 3.12. The van der Waals surface area contributed by atoms with Crippen molar-refractivity contribution in [2.24, 2.45) is 7.05 Å². The van der Waals surface area contributed by atoms with E-state index in [0.717, 1.165) is 22.9 Å². The predicted molar refractivity (Wildman–Crippen MR) is 76.0 cm³/mol. The van der Waals surface area contributed by atoms with Gasteiger partial charge in [0.25, 0.3) is 0 Å². The number of hydrogen-bond donors (Lipinski definition) is 1. The molecule has 1 heterocycles. The highest BCUT2D eigenvalue weighted by atomic mass is 19.1. The first-order valence-electron chi connectivity index (χ1n) is 6.17. The van der Waals surface area contributed by atoms with Crippen molar-refractivity contribution in [2.45, 2.75) is 13.5 Å². The van der Waals surface area contributed by atoms with Crippen molar-refractivity contribution in [1.29, 1.82) is 0 Å². The fourth-order valence-electron chi connectivity index (χ4n) is 1.98. The van der Waals surface area contributed by atoms with Crippen molar-refractivity contribution in [3.8, 4) is 0 Å². The summed E-state index contributed by atoms with van der Waals surface area (Å²) in [6.07, 6.45) is 1.83. The van der Waals surface area contributed by atoms with Crippen molar-refractivity contribution >= 4 is 11.6 Å². The van der Waals surface area contributed by atoms with Crippen LogP contribution in [0.3, 0.4) is 0 Å². The zero-order valence-corrected chi connectivity index (χ0v) is 11.7. The smallest absolute Gasteiger partial charge is 0.204 e. The molecule has 0 amide bonds. The lowest BCUT2D eigenvalue weighted by atomic mass is 10.2. The van der Waals surface area contributed by atoms with Gasteiger partial charge >= 0.3 is 0 Å². The molecule has 0 aliphatic rings. The summed E-state index contributed by atoms with van der Waals surface area (Å²) in [5.74, 6) is 0.667. The van der Waals surface area contributed by atoms with Gasteiger partial charge in [0.15, 0.2) is 0 Å². The molecule has 0 spiro atoms. The summed E-state index contributed by atoms with van der Waals surface area (Å²) >= 11 is 0. The Morgan fingerprint density at radius 2 is 2.11 bits per heavy atom. The van der Waals surface area contributed by atoms with E-state index in [1.54, 1.807) is 6.07 Å². The van der Waals surface area contributed by atoms with Gasteiger partial charge in [-0.15, -0.1) is 0 Å². The van der Waals surface area contributed by atoms with Gasteiger partial charge in [-0.25, -0.2) is 9.37 Å². The molecule has 19 heavy (non-hydrogen) atoms. The molecule has 4 nitrogen and oxygen atoms in total. The second kappa shape index (κ2) is 5.30. The van der Waals surface area contributed by atoms with Crippen LogP contribution in [0.4, 0.5) is 16.0 Å². The molecule has 1 aromatic heterocycles. The molecule has 102 valence electrons.